The van der Waals surface area contributed by atoms with Gasteiger partial charge in [0, 0.05) is 17.7 Å². The number of halogens is 1. The first-order chi connectivity index (χ1) is 10.2. The maximum Gasteiger partial charge on any atom is 0.141 e. The van der Waals surface area contributed by atoms with Crippen LogP contribution in [-0.4, -0.2) is 12.0 Å². The van der Waals surface area contributed by atoms with Crippen LogP contribution in [0.5, 0.6) is 0 Å². The SMILES string of the molecule is CCC(CC)(c1ccccc1)C(NC)c1cncc(F)c1. The van der Waals surface area contributed by atoms with E-state index in [1.54, 1.807) is 12.3 Å². The van der Waals surface area contributed by atoms with Crippen molar-refractivity contribution in [3.05, 3.63) is 65.7 Å². The molecular weight excluding hydrogens is 263 g/mol. The highest BCUT2D eigenvalue weighted by Crippen LogP contribution is 2.42. The van der Waals surface area contributed by atoms with Gasteiger partial charge < -0.3 is 5.32 Å². The Hall–Kier alpha value is -1.74. The van der Waals surface area contributed by atoms with E-state index >= 15 is 0 Å². The number of aromatic nitrogens is 1. The Kier molecular flexibility index (Phi) is 5.07. The maximum absolute atomic E-state index is 13.6. The molecule has 0 amide bonds. The maximum atomic E-state index is 13.6. The molecule has 1 unspecified atom stereocenters. The second kappa shape index (κ2) is 6.81. The first kappa shape index (κ1) is 15.6. The van der Waals surface area contributed by atoms with Crippen molar-refractivity contribution < 1.29 is 4.39 Å². The van der Waals surface area contributed by atoms with Gasteiger partial charge in [0.1, 0.15) is 5.82 Å². The molecule has 1 aromatic carbocycles. The Balaban J connectivity index is 2.54. The number of pyridine rings is 1. The summed E-state index contributed by atoms with van der Waals surface area (Å²) in [4.78, 5) is 4.01. The first-order valence-corrected chi connectivity index (χ1v) is 7.51. The van der Waals surface area contributed by atoms with Crippen LogP contribution in [0.2, 0.25) is 0 Å². The largest absolute Gasteiger partial charge is 0.312 e. The fraction of sp³-hybridized carbons (Fsp3) is 0.389. The van der Waals surface area contributed by atoms with Crippen molar-refractivity contribution in [3.63, 3.8) is 0 Å². The van der Waals surface area contributed by atoms with Crippen molar-refractivity contribution in [2.45, 2.75) is 38.1 Å². The van der Waals surface area contributed by atoms with Crippen LogP contribution in [0.3, 0.4) is 0 Å². The van der Waals surface area contributed by atoms with Crippen LogP contribution in [0.4, 0.5) is 4.39 Å². The highest BCUT2D eigenvalue weighted by atomic mass is 19.1. The third-order valence-corrected chi connectivity index (χ3v) is 4.51. The molecule has 0 fully saturated rings. The van der Waals surface area contributed by atoms with Crippen LogP contribution < -0.4 is 5.32 Å². The highest BCUT2D eigenvalue weighted by Gasteiger charge is 2.37. The molecule has 1 atom stereocenters. The second-order valence-electron chi connectivity index (χ2n) is 5.39. The van der Waals surface area contributed by atoms with Gasteiger partial charge in [0.2, 0.25) is 0 Å². The second-order valence-corrected chi connectivity index (χ2v) is 5.39. The number of rotatable bonds is 6. The van der Waals surface area contributed by atoms with Gasteiger partial charge in [0.05, 0.1) is 6.20 Å². The molecular formula is C18H23FN2. The zero-order valence-electron chi connectivity index (χ0n) is 12.9. The van der Waals surface area contributed by atoms with E-state index in [-0.39, 0.29) is 17.3 Å². The van der Waals surface area contributed by atoms with Crippen molar-refractivity contribution in [1.82, 2.24) is 10.3 Å². The molecule has 112 valence electrons. The van der Waals surface area contributed by atoms with Gasteiger partial charge in [-0.3, -0.25) is 4.98 Å². The van der Waals surface area contributed by atoms with E-state index < -0.39 is 0 Å². The summed E-state index contributed by atoms with van der Waals surface area (Å²) in [5, 5.41) is 3.38. The molecule has 0 aliphatic heterocycles. The summed E-state index contributed by atoms with van der Waals surface area (Å²) in [6, 6.07) is 12.1. The molecule has 0 spiro atoms. The monoisotopic (exact) mass is 286 g/mol. The van der Waals surface area contributed by atoms with Crippen LogP contribution in [0.15, 0.2) is 48.8 Å². The molecule has 0 radical (unpaired) electrons. The number of hydrogen-bond acceptors (Lipinski definition) is 2. The lowest BCUT2D eigenvalue weighted by molar-refractivity contribution is 0.286. The van der Waals surface area contributed by atoms with Gasteiger partial charge in [0.15, 0.2) is 0 Å². The molecule has 1 N–H and O–H groups in total. The molecule has 0 aliphatic rings. The predicted molar refractivity (Wildman–Crippen MR) is 84.7 cm³/mol. The van der Waals surface area contributed by atoms with Gasteiger partial charge in [-0.2, -0.15) is 0 Å². The smallest absolute Gasteiger partial charge is 0.141 e. The number of nitrogens with zero attached hydrogens (tertiary/aromatic N) is 1. The van der Waals surface area contributed by atoms with E-state index in [4.69, 9.17) is 0 Å². The standard InChI is InChI=1S/C18H23FN2/c1-4-18(5-2,15-9-7-6-8-10-15)17(20-3)14-11-16(19)13-21-12-14/h6-13,17,20H,4-5H2,1-3H3. The number of hydrogen-bond donors (Lipinski definition) is 1. The van der Waals surface area contributed by atoms with E-state index in [1.165, 1.54) is 11.8 Å². The predicted octanol–water partition coefficient (Wildman–Crippen LogP) is 4.24. The van der Waals surface area contributed by atoms with Crippen LogP contribution in [0, 0.1) is 5.82 Å². The minimum absolute atomic E-state index is 0.0260. The van der Waals surface area contributed by atoms with Gasteiger partial charge in [-0.25, -0.2) is 4.39 Å². The quantitative estimate of drug-likeness (QED) is 0.859. The van der Waals surface area contributed by atoms with Crippen molar-refractivity contribution in [2.24, 2.45) is 0 Å². The molecule has 2 aromatic rings. The summed E-state index contributed by atoms with van der Waals surface area (Å²) >= 11 is 0. The molecule has 2 rings (SSSR count). The average Bonchev–Trinajstić information content (AvgIpc) is 2.53. The number of nitrogens with one attached hydrogen (secondary N) is 1. The lowest BCUT2D eigenvalue weighted by Crippen LogP contribution is -2.39. The van der Waals surface area contributed by atoms with Crippen LogP contribution >= 0.6 is 0 Å². The van der Waals surface area contributed by atoms with E-state index in [0.29, 0.717) is 0 Å². The first-order valence-electron chi connectivity index (χ1n) is 7.51. The normalized spacial score (nSPS) is 13.1. The fourth-order valence-corrected chi connectivity index (χ4v) is 3.35. The Morgan fingerprint density at radius 2 is 1.81 bits per heavy atom. The zero-order valence-corrected chi connectivity index (χ0v) is 12.9. The molecule has 1 heterocycles. The van der Waals surface area contributed by atoms with E-state index in [9.17, 15) is 4.39 Å². The molecule has 0 saturated carbocycles. The zero-order chi connectivity index (χ0) is 15.3. The summed E-state index contributed by atoms with van der Waals surface area (Å²) in [7, 11) is 1.93. The van der Waals surface area contributed by atoms with E-state index in [2.05, 4.69) is 48.4 Å². The van der Waals surface area contributed by atoms with Crippen molar-refractivity contribution in [3.8, 4) is 0 Å². The average molecular weight is 286 g/mol. The molecule has 0 saturated heterocycles. The summed E-state index contributed by atoms with van der Waals surface area (Å²) < 4.78 is 13.6. The van der Waals surface area contributed by atoms with Crippen molar-refractivity contribution in [1.29, 1.82) is 0 Å². The van der Waals surface area contributed by atoms with Crippen LogP contribution in [0.25, 0.3) is 0 Å². The minimum atomic E-state index is -0.290. The Morgan fingerprint density at radius 1 is 1.14 bits per heavy atom. The summed E-state index contributed by atoms with van der Waals surface area (Å²) in [6.07, 6.45) is 4.94. The topological polar surface area (TPSA) is 24.9 Å². The Morgan fingerprint density at radius 3 is 2.33 bits per heavy atom. The Labute approximate surface area is 126 Å². The fourth-order valence-electron chi connectivity index (χ4n) is 3.35. The summed E-state index contributed by atoms with van der Waals surface area (Å²) in [5.74, 6) is -0.290. The highest BCUT2D eigenvalue weighted by molar-refractivity contribution is 5.32. The van der Waals surface area contributed by atoms with Gasteiger partial charge >= 0.3 is 0 Å². The van der Waals surface area contributed by atoms with E-state index in [0.717, 1.165) is 18.4 Å². The van der Waals surface area contributed by atoms with Gasteiger partial charge in [0.25, 0.3) is 0 Å². The molecule has 0 bridgehead atoms. The lowest BCUT2D eigenvalue weighted by atomic mass is 9.68. The lowest BCUT2D eigenvalue weighted by Gasteiger charge is -2.40. The van der Waals surface area contributed by atoms with Gasteiger partial charge in [-0.1, -0.05) is 44.2 Å². The molecule has 0 aliphatic carbocycles. The van der Waals surface area contributed by atoms with Gasteiger partial charge in [-0.05, 0) is 37.1 Å². The molecule has 3 heteroatoms. The van der Waals surface area contributed by atoms with E-state index in [1.807, 2.05) is 13.1 Å². The minimum Gasteiger partial charge on any atom is -0.312 e. The van der Waals surface area contributed by atoms with Crippen LogP contribution in [0.1, 0.15) is 43.9 Å². The summed E-state index contributed by atoms with van der Waals surface area (Å²) in [6.45, 7) is 4.38. The van der Waals surface area contributed by atoms with Crippen molar-refractivity contribution in [2.75, 3.05) is 7.05 Å². The van der Waals surface area contributed by atoms with Crippen LogP contribution in [-0.2, 0) is 5.41 Å². The summed E-state index contributed by atoms with van der Waals surface area (Å²) in [5.41, 5.74) is 2.09. The molecule has 2 nitrogen and oxygen atoms in total. The number of likely N-dealkylation sites (N-methyl/N-ethyl adjacent to an activating group) is 1. The van der Waals surface area contributed by atoms with Crippen molar-refractivity contribution >= 4 is 0 Å². The Bertz CT molecular complexity index is 564. The number of benzene rings is 1. The molecule has 21 heavy (non-hydrogen) atoms. The molecule has 1 aromatic heterocycles. The van der Waals surface area contributed by atoms with Gasteiger partial charge in [-0.15, -0.1) is 0 Å². The third kappa shape index (κ3) is 2.98. The third-order valence-electron chi connectivity index (χ3n) is 4.51.